The summed E-state index contributed by atoms with van der Waals surface area (Å²) in [6.07, 6.45) is 0. The maximum Gasteiger partial charge on any atom is 0.159 e. The van der Waals surface area contributed by atoms with Gasteiger partial charge in [-0.3, -0.25) is 4.79 Å². The number of carbonyl (C=O) groups excluding carboxylic acids is 1. The van der Waals surface area contributed by atoms with Crippen molar-refractivity contribution < 1.29 is 9.53 Å². The first-order valence-electron chi connectivity index (χ1n) is 4.79. The van der Waals surface area contributed by atoms with Crippen molar-refractivity contribution in [3.05, 3.63) is 29.3 Å². The molecule has 0 amide bonds. The first kappa shape index (κ1) is 9.25. The quantitative estimate of drug-likeness (QED) is 0.636. The van der Waals surface area contributed by atoms with Crippen molar-refractivity contribution in [2.45, 2.75) is 26.2 Å². The Labute approximate surface area is 83.9 Å². The van der Waals surface area contributed by atoms with Crippen LogP contribution < -0.4 is 4.74 Å². The first-order chi connectivity index (χ1) is 6.50. The van der Waals surface area contributed by atoms with Crippen LogP contribution in [0.3, 0.4) is 0 Å². The second-order valence-electron chi connectivity index (χ2n) is 4.44. The summed E-state index contributed by atoms with van der Waals surface area (Å²) in [6.45, 7) is 6.54. The molecule has 1 heterocycles. The molecule has 74 valence electrons. The number of rotatable bonds is 1. The molecule has 2 nitrogen and oxygen atoms in total. The lowest BCUT2D eigenvalue weighted by molar-refractivity contribution is 0.101. The predicted molar refractivity (Wildman–Crippen MR) is 55.0 cm³/mol. The van der Waals surface area contributed by atoms with E-state index in [4.69, 9.17) is 4.74 Å². The molecule has 0 aromatic heterocycles. The number of ketones is 1. The average Bonchev–Trinajstić information content (AvgIpc) is 2.42. The van der Waals surface area contributed by atoms with Crippen molar-refractivity contribution >= 4 is 5.78 Å². The second-order valence-corrected chi connectivity index (χ2v) is 4.44. The van der Waals surface area contributed by atoms with Crippen molar-refractivity contribution in [1.82, 2.24) is 0 Å². The minimum Gasteiger partial charge on any atom is -0.492 e. The number of fused-ring (bicyclic) bond motifs is 1. The van der Waals surface area contributed by atoms with E-state index in [1.807, 2.05) is 18.2 Å². The lowest BCUT2D eigenvalue weighted by atomic mass is 9.86. The molecule has 2 heteroatoms. The first-order valence-corrected chi connectivity index (χ1v) is 4.79. The zero-order valence-electron chi connectivity index (χ0n) is 8.76. The van der Waals surface area contributed by atoms with Crippen molar-refractivity contribution in [2.75, 3.05) is 6.61 Å². The molecule has 0 unspecified atom stereocenters. The van der Waals surface area contributed by atoms with E-state index in [2.05, 4.69) is 13.8 Å². The van der Waals surface area contributed by atoms with Gasteiger partial charge in [-0.1, -0.05) is 13.8 Å². The number of carbonyl (C=O) groups is 1. The zero-order valence-corrected chi connectivity index (χ0v) is 8.76. The van der Waals surface area contributed by atoms with Gasteiger partial charge in [0.15, 0.2) is 5.78 Å². The molecule has 0 spiro atoms. The highest BCUT2D eigenvalue weighted by molar-refractivity contribution is 5.94. The molecule has 0 saturated heterocycles. The maximum absolute atomic E-state index is 11.2. The van der Waals surface area contributed by atoms with Crippen LogP contribution in [0.5, 0.6) is 5.75 Å². The molecular weight excluding hydrogens is 176 g/mol. The molecule has 14 heavy (non-hydrogen) atoms. The largest absolute Gasteiger partial charge is 0.492 e. The summed E-state index contributed by atoms with van der Waals surface area (Å²) in [5, 5.41) is 0. The monoisotopic (exact) mass is 190 g/mol. The molecule has 1 aliphatic heterocycles. The molecule has 0 N–H and O–H groups in total. The van der Waals surface area contributed by atoms with Crippen LogP contribution in [0.1, 0.15) is 36.7 Å². The summed E-state index contributed by atoms with van der Waals surface area (Å²) in [7, 11) is 0. The van der Waals surface area contributed by atoms with Gasteiger partial charge >= 0.3 is 0 Å². The van der Waals surface area contributed by atoms with Crippen LogP contribution >= 0.6 is 0 Å². The Morgan fingerprint density at radius 1 is 1.43 bits per heavy atom. The van der Waals surface area contributed by atoms with Gasteiger partial charge in [0.1, 0.15) is 5.75 Å². The summed E-state index contributed by atoms with van der Waals surface area (Å²) in [5.74, 6) is 1.02. The van der Waals surface area contributed by atoms with E-state index < -0.39 is 0 Å². The lowest BCUT2D eigenvalue weighted by Crippen LogP contribution is -2.18. The van der Waals surface area contributed by atoms with Gasteiger partial charge in [0.25, 0.3) is 0 Å². The van der Waals surface area contributed by atoms with Gasteiger partial charge in [0, 0.05) is 16.5 Å². The van der Waals surface area contributed by atoms with Gasteiger partial charge in [0.2, 0.25) is 0 Å². The van der Waals surface area contributed by atoms with Crippen LogP contribution in [0.4, 0.5) is 0 Å². The molecule has 2 rings (SSSR count). The fourth-order valence-electron chi connectivity index (χ4n) is 1.74. The van der Waals surface area contributed by atoms with Crippen LogP contribution in [0.2, 0.25) is 0 Å². The van der Waals surface area contributed by atoms with Crippen molar-refractivity contribution in [2.24, 2.45) is 0 Å². The van der Waals surface area contributed by atoms with Crippen LogP contribution in [-0.4, -0.2) is 12.4 Å². The molecular formula is C12H14O2. The summed E-state index contributed by atoms with van der Waals surface area (Å²) in [5.41, 5.74) is 1.94. The Balaban J connectivity index is 2.53. The predicted octanol–water partition coefficient (Wildman–Crippen LogP) is 2.56. The standard InChI is InChI=1S/C12H14O2/c1-8(13)9-4-5-11-10(6-9)12(2,3)7-14-11/h4-6H,7H2,1-3H3. The summed E-state index contributed by atoms with van der Waals surface area (Å²) in [4.78, 5) is 11.2. The molecule has 0 saturated carbocycles. The van der Waals surface area contributed by atoms with E-state index in [9.17, 15) is 4.79 Å². The maximum atomic E-state index is 11.2. The average molecular weight is 190 g/mol. The third kappa shape index (κ3) is 1.31. The smallest absolute Gasteiger partial charge is 0.159 e. The van der Waals surface area contributed by atoms with Crippen LogP contribution in [0, 0.1) is 0 Å². The molecule has 0 bridgehead atoms. The lowest BCUT2D eigenvalue weighted by Gasteiger charge is -2.15. The highest BCUT2D eigenvalue weighted by Crippen LogP contribution is 2.38. The third-order valence-corrected chi connectivity index (χ3v) is 2.70. The SMILES string of the molecule is CC(=O)c1ccc2c(c1)C(C)(C)CO2. The van der Waals surface area contributed by atoms with Gasteiger partial charge in [-0.2, -0.15) is 0 Å². The van der Waals surface area contributed by atoms with Gasteiger partial charge in [0.05, 0.1) is 6.61 Å². The number of ether oxygens (including phenoxy) is 1. The summed E-state index contributed by atoms with van der Waals surface area (Å²) >= 11 is 0. The highest BCUT2D eigenvalue weighted by atomic mass is 16.5. The summed E-state index contributed by atoms with van der Waals surface area (Å²) < 4.78 is 5.54. The Bertz CT molecular complexity index is 391. The Kier molecular flexibility index (Phi) is 1.88. The Hall–Kier alpha value is -1.31. The fourth-order valence-corrected chi connectivity index (χ4v) is 1.74. The molecule has 0 atom stereocenters. The molecule has 1 aliphatic rings. The fraction of sp³-hybridized carbons (Fsp3) is 0.417. The van der Waals surface area contributed by atoms with Crippen LogP contribution in [0.15, 0.2) is 18.2 Å². The zero-order chi connectivity index (χ0) is 10.3. The number of hydrogen-bond donors (Lipinski definition) is 0. The Morgan fingerprint density at radius 3 is 2.79 bits per heavy atom. The van der Waals surface area contributed by atoms with Gasteiger partial charge in [-0.05, 0) is 25.1 Å². The van der Waals surface area contributed by atoms with E-state index in [1.165, 1.54) is 0 Å². The van der Waals surface area contributed by atoms with Crippen LogP contribution in [0.25, 0.3) is 0 Å². The molecule has 0 fully saturated rings. The normalized spacial score (nSPS) is 17.4. The van der Waals surface area contributed by atoms with Gasteiger partial charge in [-0.25, -0.2) is 0 Å². The molecule has 0 aliphatic carbocycles. The van der Waals surface area contributed by atoms with Crippen molar-refractivity contribution in [3.8, 4) is 5.75 Å². The summed E-state index contributed by atoms with van der Waals surface area (Å²) in [6, 6.07) is 5.66. The molecule has 1 aromatic rings. The van der Waals surface area contributed by atoms with E-state index in [0.29, 0.717) is 6.61 Å². The van der Waals surface area contributed by atoms with Crippen molar-refractivity contribution in [1.29, 1.82) is 0 Å². The van der Waals surface area contributed by atoms with Gasteiger partial charge in [-0.15, -0.1) is 0 Å². The van der Waals surface area contributed by atoms with Crippen molar-refractivity contribution in [3.63, 3.8) is 0 Å². The topological polar surface area (TPSA) is 26.3 Å². The van der Waals surface area contributed by atoms with E-state index in [-0.39, 0.29) is 11.2 Å². The minimum atomic E-state index is 0.0286. The number of benzene rings is 1. The second kappa shape index (κ2) is 2.84. The van der Waals surface area contributed by atoms with E-state index in [0.717, 1.165) is 16.9 Å². The molecule has 0 radical (unpaired) electrons. The van der Waals surface area contributed by atoms with Crippen LogP contribution in [-0.2, 0) is 5.41 Å². The minimum absolute atomic E-state index is 0.0286. The third-order valence-electron chi connectivity index (χ3n) is 2.70. The highest BCUT2D eigenvalue weighted by Gasteiger charge is 2.31. The number of hydrogen-bond acceptors (Lipinski definition) is 2. The van der Waals surface area contributed by atoms with Gasteiger partial charge < -0.3 is 4.74 Å². The number of Topliss-reactive ketones (excluding diaryl/α,β-unsaturated/α-hetero) is 1. The molecule has 1 aromatic carbocycles. The van der Waals surface area contributed by atoms with E-state index >= 15 is 0 Å². The Morgan fingerprint density at radius 2 is 2.14 bits per heavy atom. The van der Waals surface area contributed by atoms with E-state index in [1.54, 1.807) is 6.92 Å².